The van der Waals surface area contributed by atoms with E-state index in [9.17, 15) is 9.18 Å². The lowest BCUT2D eigenvalue weighted by molar-refractivity contribution is 0.0733. The van der Waals surface area contributed by atoms with E-state index in [4.69, 9.17) is 4.52 Å². The molecule has 5 rings (SSSR count). The summed E-state index contributed by atoms with van der Waals surface area (Å²) in [5.41, 5.74) is 4.32. The smallest absolute Gasteiger partial charge is 0.279 e. The fourth-order valence-electron chi connectivity index (χ4n) is 4.09. The van der Waals surface area contributed by atoms with Gasteiger partial charge in [0.1, 0.15) is 5.82 Å². The van der Waals surface area contributed by atoms with Crippen molar-refractivity contribution in [2.45, 2.75) is 13.0 Å². The molecule has 0 saturated heterocycles. The number of nitrogens with zero attached hydrogens (tertiary/aromatic N) is 6. The maximum Gasteiger partial charge on any atom is 0.279 e. The highest BCUT2D eigenvalue weighted by Crippen LogP contribution is 2.31. The molecule has 9 heteroatoms. The van der Waals surface area contributed by atoms with Crippen molar-refractivity contribution in [3.05, 3.63) is 71.2 Å². The van der Waals surface area contributed by atoms with Crippen molar-refractivity contribution in [1.29, 1.82) is 0 Å². The van der Waals surface area contributed by atoms with E-state index in [1.165, 1.54) is 6.07 Å². The number of benzene rings is 2. The molecule has 0 fully saturated rings. The summed E-state index contributed by atoms with van der Waals surface area (Å²) in [4.78, 5) is 21.3. The molecule has 0 radical (unpaired) electrons. The van der Waals surface area contributed by atoms with E-state index in [1.807, 2.05) is 50.3 Å². The Balaban J connectivity index is 1.43. The second kappa shape index (κ2) is 8.16. The highest BCUT2D eigenvalue weighted by atomic mass is 19.1. The zero-order valence-corrected chi connectivity index (χ0v) is 18.6. The summed E-state index contributed by atoms with van der Waals surface area (Å²) >= 11 is 0. The SMILES string of the molecule is CN(C)c1ccc(C(=O)N2CCc3c(c(-c4nc(-c5ccccc5F)no4)nn3C)C2)cc1. The van der Waals surface area contributed by atoms with Crippen LogP contribution in [0.3, 0.4) is 0 Å². The molecular weight excluding hydrogens is 423 g/mol. The van der Waals surface area contributed by atoms with Gasteiger partial charge in [-0.2, -0.15) is 10.1 Å². The highest BCUT2D eigenvalue weighted by Gasteiger charge is 2.30. The van der Waals surface area contributed by atoms with Crippen LogP contribution in [0.15, 0.2) is 53.1 Å². The Morgan fingerprint density at radius 2 is 1.88 bits per heavy atom. The maximum atomic E-state index is 14.1. The lowest BCUT2D eigenvalue weighted by Gasteiger charge is -2.27. The Morgan fingerprint density at radius 3 is 2.61 bits per heavy atom. The van der Waals surface area contributed by atoms with Crippen molar-refractivity contribution in [2.75, 3.05) is 25.5 Å². The zero-order valence-electron chi connectivity index (χ0n) is 18.6. The molecule has 0 N–H and O–H groups in total. The third kappa shape index (κ3) is 3.75. The Bertz CT molecular complexity index is 1330. The Hall–Kier alpha value is -4.01. The van der Waals surface area contributed by atoms with E-state index >= 15 is 0 Å². The first-order valence-electron chi connectivity index (χ1n) is 10.6. The van der Waals surface area contributed by atoms with Crippen LogP contribution < -0.4 is 4.90 Å². The van der Waals surface area contributed by atoms with Gasteiger partial charge in [0, 0.05) is 56.6 Å². The minimum Gasteiger partial charge on any atom is -0.378 e. The van der Waals surface area contributed by atoms with Crippen molar-refractivity contribution in [3.63, 3.8) is 0 Å². The quantitative estimate of drug-likeness (QED) is 0.477. The predicted octanol–water partition coefficient (Wildman–Crippen LogP) is 3.54. The monoisotopic (exact) mass is 446 g/mol. The van der Waals surface area contributed by atoms with Crippen LogP contribution in [0.5, 0.6) is 0 Å². The van der Waals surface area contributed by atoms with E-state index in [2.05, 4.69) is 15.2 Å². The molecule has 0 atom stereocenters. The standard InChI is InChI=1S/C24H23FN6O2/c1-29(2)16-10-8-15(9-11-16)24(32)31-13-12-20-18(14-31)21(27-30(20)3)23-26-22(28-33-23)17-6-4-5-7-19(17)25/h4-11H,12-14H2,1-3H3. The first-order chi connectivity index (χ1) is 15.9. The van der Waals surface area contributed by atoms with E-state index < -0.39 is 5.82 Å². The second-order valence-electron chi connectivity index (χ2n) is 8.22. The lowest BCUT2D eigenvalue weighted by Crippen LogP contribution is -2.36. The van der Waals surface area contributed by atoms with Crippen molar-refractivity contribution < 1.29 is 13.7 Å². The molecule has 0 unspecified atom stereocenters. The van der Waals surface area contributed by atoms with Crippen LogP contribution in [0, 0.1) is 5.82 Å². The fraction of sp³-hybridized carbons (Fsp3) is 0.250. The topological polar surface area (TPSA) is 80.3 Å². The number of carbonyl (C=O) groups excluding carboxylic acids is 1. The van der Waals surface area contributed by atoms with Crippen LogP contribution in [0.4, 0.5) is 10.1 Å². The number of anilines is 1. The molecule has 0 saturated carbocycles. The molecule has 4 aromatic rings. The third-order valence-electron chi connectivity index (χ3n) is 5.90. The van der Waals surface area contributed by atoms with Crippen molar-refractivity contribution in [3.8, 4) is 23.0 Å². The summed E-state index contributed by atoms with van der Waals surface area (Å²) in [6, 6.07) is 13.8. The zero-order chi connectivity index (χ0) is 23.1. The minimum atomic E-state index is -0.426. The molecule has 168 valence electrons. The second-order valence-corrected chi connectivity index (χ2v) is 8.22. The van der Waals surface area contributed by atoms with Gasteiger partial charge in [-0.15, -0.1) is 0 Å². The molecule has 8 nitrogen and oxygen atoms in total. The first kappa shape index (κ1) is 20.9. The molecule has 3 heterocycles. The van der Waals surface area contributed by atoms with Gasteiger partial charge in [-0.25, -0.2) is 4.39 Å². The van der Waals surface area contributed by atoms with Gasteiger partial charge in [-0.3, -0.25) is 9.48 Å². The molecule has 1 amide bonds. The van der Waals surface area contributed by atoms with Crippen molar-refractivity contribution in [1.82, 2.24) is 24.8 Å². The van der Waals surface area contributed by atoms with Crippen LogP contribution in [0.1, 0.15) is 21.6 Å². The number of hydrogen-bond acceptors (Lipinski definition) is 6. The molecule has 0 aliphatic carbocycles. The summed E-state index contributed by atoms with van der Waals surface area (Å²) in [6.45, 7) is 0.967. The van der Waals surface area contributed by atoms with Crippen LogP contribution in [0.2, 0.25) is 0 Å². The van der Waals surface area contributed by atoms with Crippen LogP contribution in [-0.4, -0.2) is 51.4 Å². The maximum absolute atomic E-state index is 14.1. The summed E-state index contributed by atoms with van der Waals surface area (Å²) in [5.74, 6) is -0.106. The van der Waals surface area contributed by atoms with Gasteiger partial charge in [0.05, 0.1) is 12.1 Å². The number of amides is 1. The van der Waals surface area contributed by atoms with Gasteiger partial charge in [-0.05, 0) is 36.4 Å². The Kier molecular flexibility index (Phi) is 5.16. The van der Waals surface area contributed by atoms with Crippen LogP contribution >= 0.6 is 0 Å². The summed E-state index contributed by atoms with van der Waals surface area (Å²) in [5, 5.41) is 8.52. The molecule has 2 aromatic heterocycles. The number of aryl methyl sites for hydroxylation is 1. The molecule has 0 bridgehead atoms. The predicted molar refractivity (Wildman–Crippen MR) is 121 cm³/mol. The number of carbonyl (C=O) groups is 1. The summed E-state index contributed by atoms with van der Waals surface area (Å²) in [7, 11) is 5.78. The van der Waals surface area contributed by atoms with Gasteiger partial charge in [0.15, 0.2) is 5.69 Å². The average Bonchev–Trinajstić information content (AvgIpc) is 3.43. The number of halogens is 1. The van der Waals surface area contributed by atoms with Gasteiger partial charge in [-0.1, -0.05) is 17.3 Å². The summed E-state index contributed by atoms with van der Waals surface area (Å²) in [6.07, 6.45) is 0.661. The average molecular weight is 446 g/mol. The normalized spacial score (nSPS) is 13.2. The van der Waals surface area contributed by atoms with Crippen LogP contribution in [0.25, 0.3) is 23.0 Å². The minimum absolute atomic E-state index is 0.0432. The number of rotatable bonds is 4. The van der Waals surface area contributed by atoms with Gasteiger partial charge < -0.3 is 14.3 Å². The van der Waals surface area contributed by atoms with Crippen molar-refractivity contribution >= 4 is 11.6 Å². The largest absolute Gasteiger partial charge is 0.378 e. The van der Waals surface area contributed by atoms with Crippen LogP contribution in [-0.2, 0) is 20.0 Å². The van der Waals surface area contributed by atoms with Gasteiger partial charge in [0.2, 0.25) is 5.82 Å². The van der Waals surface area contributed by atoms with E-state index in [1.54, 1.807) is 27.8 Å². The van der Waals surface area contributed by atoms with Gasteiger partial charge >= 0.3 is 0 Å². The van der Waals surface area contributed by atoms with Crippen molar-refractivity contribution in [2.24, 2.45) is 7.05 Å². The molecule has 1 aliphatic rings. The molecule has 0 spiro atoms. The number of aromatic nitrogens is 4. The highest BCUT2D eigenvalue weighted by molar-refractivity contribution is 5.94. The van der Waals surface area contributed by atoms with E-state index in [0.29, 0.717) is 30.8 Å². The molecule has 33 heavy (non-hydrogen) atoms. The molecular formula is C24H23FN6O2. The number of hydrogen-bond donors (Lipinski definition) is 0. The fourth-order valence-corrected chi connectivity index (χ4v) is 4.09. The molecule has 1 aliphatic heterocycles. The molecule has 2 aromatic carbocycles. The first-order valence-corrected chi connectivity index (χ1v) is 10.6. The third-order valence-corrected chi connectivity index (χ3v) is 5.90. The van der Waals surface area contributed by atoms with Gasteiger partial charge in [0.25, 0.3) is 11.8 Å². The van der Waals surface area contributed by atoms with E-state index in [-0.39, 0.29) is 23.2 Å². The Labute approximate surface area is 190 Å². The summed E-state index contributed by atoms with van der Waals surface area (Å²) < 4.78 is 21.4. The lowest BCUT2D eigenvalue weighted by atomic mass is 10.0. The number of fused-ring (bicyclic) bond motifs is 1. The Morgan fingerprint density at radius 1 is 1.12 bits per heavy atom. The van der Waals surface area contributed by atoms with E-state index in [0.717, 1.165) is 16.9 Å².